The molecule has 1 aliphatic rings. The van der Waals surface area contributed by atoms with Crippen LogP contribution in [0, 0.1) is 0 Å². The van der Waals surface area contributed by atoms with Crippen LogP contribution < -0.4 is 10.1 Å². The maximum atomic E-state index is 12.3. The number of hydrogen-bond acceptors (Lipinski definition) is 5. The average Bonchev–Trinajstić information content (AvgIpc) is 3.06. The van der Waals surface area contributed by atoms with Gasteiger partial charge in [0, 0.05) is 22.9 Å². The van der Waals surface area contributed by atoms with Crippen molar-refractivity contribution in [2.24, 2.45) is 0 Å². The molecule has 7 heteroatoms. The normalized spacial score (nSPS) is 16.1. The number of hydrogen-bond donors (Lipinski definition) is 2. The second-order valence-corrected chi connectivity index (χ2v) is 7.25. The lowest BCUT2D eigenvalue weighted by Crippen LogP contribution is -2.22. The molecule has 0 fully saturated rings. The number of benzene rings is 2. The molecule has 2 aromatic carbocycles. The Morgan fingerprint density at radius 2 is 2.04 bits per heavy atom. The van der Waals surface area contributed by atoms with Crippen LogP contribution in [-0.4, -0.2) is 22.5 Å². The van der Waals surface area contributed by atoms with Crippen molar-refractivity contribution in [1.29, 1.82) is 0 Å². The standard InChI is InChI=1S/C19H15ClN2O3S/c1-25-15-8-11(4-7-14(15)23)13-9-16(24)21-18-17(22-26-19(13)18)10-2-5-12(20)6-3-10/h2-8,13,23H,9H2,1H3,(H,21,24)/t13-/m1/s1. The molecular weight excluding hydrogens is 372 g/mol. The highest BCUT2D eigenvalue weighted by atomic mass is 35.5. The maximum Gasteiger partial charge on any atom is 0.225 e. The fourth-order valence-electron chi connectivity index (χ4n) is 3.11. The first kappa shape index (κ1) is 16.9. The topological polar surface area (TPSA) is 71.5 Å². The molecule has 0 saturated heterocycles. The molecule has 0 spiro atoms. The Labute approximate surface area is 159 Å². The summed E-state index contributed by atoms with van der Waals surface area (Å²) in [5.74, 6) is 0.261. The number of phenols is 1. The van der Waals surface area contributed by atoms with Gasteiger partial charge in [-0.05, 0) is 41.4 Å². The van der Waals surface area contributed by atoms with E-state index in [2.05, 4.69) is 9.69 Å². The van der Waals surface area contributed by atoms with E-state index in [1.807, 2.05) is 18.2 Å². The number of halogens is 1. The molecule has 26 heavy (non-hydrogen) atoms. The number of aromatic hydroxyl groups is 1. The van der Waals surface area contributed by atoms with E-state index < -0.39 is 0 Å². The van der Waals surface area contributed by atoms with E-state index in [4.69, 9.17) is 16.3 Å². The van der Waals surface area contributed by atoms with Crippen molar-refractivity contribution in [1.82, 2.24) is 4.37 Å². The maximum absolute atomic E-state index is 12.3. The number of amides is 1. The van der Waals surface area contributed by atoms with Gasteiger partial charge < -0.3 is 15.2 Å². The van der Waals surface area contributed by atoms with E-state index in [1.54, 1.807) is 24.3 Å². The molecule has 0 saturated carbocycles. The number of phenolic OH excluding ortho intramolecular Hbond substituents is 1. The number of ether oxygens (including phenoxy) is 1. The molecule has 0 unspecified atom stereocenters. The van der Waals surface area contributed by atoms with E-state index in [0.29, 0.717) is 17.2 Å². The molecule has 1 aromatic heterocycles. The van der Waals surface area contributed by atoms with Crippen LogP contribution in [0.25, 0.3) is 11.3 Å². The van der Waals surface area contributed by atoms with Crippen molar-refractivity contribution in [2.45, 2.75) is 12.3 Å². The highest BCUT2D eigenvalue weighted by Gasteiger charge is 2.32. The largest absolute Gasteiger partial charge is 0.504 e. The number of nitrogens with zero attached hydrogens (tertiary/aromatic N) is 1. The first-order chi connectivity index (χ1) is 12.6. The van der Waals surface area contributed by atoms with Gasteiger partial charge in [0.15, 0.2) is 11.5 Å². The lowest BCUT2D eigenvalue weighted by atomic mass is 9.89. The summed E-state index contributed by atoms with van der Waals surface area (Å²) < 4.78 is 9.77. The summed E-state index contributed by atoms with van der Waals surface area (Å²) in [4.78, 5) is 13.3. The molecule has 4 rings (SSSR count). The number of fused-ring (bicyclic) bond motifs is 1. The van der Waals surface area contributed by atoms with E-state index >= 15 is 0 Å². The van der Waals surface area contributed by atoms with Gasteiger partial charge in [-0.15, -0.1) is 0 Å². The van der Waals surface area contributed by atoms with E-state index in [0.717, 1.165) is 27.4 Å². The highest BCUT2D eigenvalue weighted by molar-refractivity contribution is 7.07. The first-order valence-electron chi connectivity index (χ1n) is 7.99. The third-order valence-corrected chi connectivity index (χ3v) is 5.62. The van der Waals surface area contributed by atoms with Gasteiger partial charge in [0.05, 0.1) is 17.7 Å². The van der Waals surface area contributed by atoms with Gasteiger partial charge in [0.25, 0.3) is 0 Å². The Kier molecular flexibility index (Phi) is 4.30. The van der Waals surface area contributed by atoms with Crippen LogP contribution in [0.15, 0.2) is 42.5 Å². The van der Waals surface area contributed by atoms with Crippen molar-refractivity contribution in [3.63, 3.8) is 0 Å². The molecule has 0 aliphatic carbocycles. The first-order valence-corrected chi connectivity index (χ1v) is 9.14. The van der Waals surface area contributed by atoms with Gasteiger partial charge >= 0.3 is 0 Å². The minimum Gasteiger partial charge on any atom is -0.504 e. The van der Waals surface area contributed by atoms with Crippen LogP contribution in [0.4, 0.5) is 5.69 Å². The van der Waals surface area contributed by atoms with Crippen LogP contribution in [0.2, 0.25) is 5.02 Å². The van der Waals surface area contributed by atoms with E-state index in [-0.39, 0.29) is 17.6 Å². The summed E-state index contributed by atoms with van der Waals surface area (Å²) >= 11 is 7.34. The predicted octanol–water partition coefficient (Wildman–Crippen LogP) is 4.65. The molecule has 132 valence electrons. The Balaban J connectivity index is 1.80. The minimum absolute atomic E-state index is 0.0649. The molecule has 0 radical (unpaired) electrons. The van der Waals surface area contributed by atoms with Crippen molar-refractivity contribution < 1.29 is 14.6 Å². The van der Waals surface area contributed by atoms with Crippen molar-refractivity contribution in [3.05, 3.63) is 57.9 Å². The van der Waals surface area contributed by atoms with Crippen LogP contribution in [0.1, 0.15) is 22.8 Å². The van der Waals surface area contributed by atoms with Crippen LogP contribution >= 0.6 is 23.1 Å². The summed E-state index contributed by atoms with van der Waals surface area (Å²) in [5.41, 5.74) is 3.29. The van der Waals surface area contributed by atoms with Gasteiger partial charge in [0.2, 0.25) is 5.91 Å². The number of aromatic nitrogens is 1. The number of methoxy groups -OCH3 is 1. The molecule has 3 aromatic rings. The zero-order chi connectivity index (χ0) is 18.3. The third-order valence-electron chi connectivity index (χ3n) is 4.41. The third kappa shape index (κ3) is 2.91. The molecule has 1 atom stereocenters. The van der Waals surface area contributed by atoms with Gasteiger partial charge in [-0.2, -0.15) is 4.37 Å². The monoisotopic (exact) mass is 386 g/mol. The molecule has 5 nitrogen and oxygen atoms in total. The fraction of sp³-hybridized carbons (Fsp3) is 0.158. The summed E-state index contributed by atoms with van der Waals surface area (Å²) in [6.45, 7) is 0. The van der Waals surface area contributed by atoms with Crippen LogP contribution in [0.5, 0.6) is 11.5 Å². The zero-order valence-corrected chi connectivity index (χ0v) is 15.4. The smallest absolute Gasteiger partial charge is 0.225 e. The summed E-state index contributed by atoms with van der Waals surface area (Å²) in [7, 11) is 1.50. The quantitative estimate of drug-likeness (QED) is 0.687. The second-order valence-electron chi connectivity index (χ2n) is 6.01. The summed E-state index contributed by atoms with van der Waals surface area (Å²) in [6, 6.07) is 12.5. The number of nitrogens with one attached hydrogen (secondary N) is 1. The molecule has 2 heterocycles. The van der Waals surface area contributed by atoms with Crippen LogP contribution in [-0.2, 0) is 4.79 Å². The SMILES string of the molecule is COc1cc([C@H]2CC(=O)Nc3c(-c4ccc(Cl)cc4)nsc32)ccc1O. The highest BCUT2D eigenvalue weighted by Crippen LogP contribution is 2.45. The molecular formula is C19H15ClN2O3S. The predicted molar refractivity (Wildman–Crippen MR) is 102 cm³/mol. The number of carbonyl (C=O) groups excluding carboxylic acids is 1. The molecule has 0 bridgehead atoms. The van der Waals surface area contributed by atoms with Gasteiger partial charge in [-0.25, -0.2) is 0 Å². The lowest BCUT2D eigenvalue weighted by molar-refractivity contribution is -0.116. The van der Waals surface area contributed by atoms with E-state index in [9.17, 15) is 9.90 Å². The lowest BCUT2D eigenvalue weighted by Gasteiger charge is -2.23. The van der Waals surface area contributed by atoms with Gasteiger partial charge in [-0.3, -0.25) is 4.79 Å². The summed E-state index contributed by atoms with van der Waals surface area (Å²) in [5, 5.41) is 13.4. The Morgan fingerprint density at radius 1 is 1.27 bits per heavy atom. The second kappa shape index (κ2) is 6.63. The zero-order valence-electron chi connectivity index (χ0n) is 13.8. The number of anilines is 1. The van der Waals surface area contributed by atoms with Crippen molar-refractivity contribution in [2.75, 3.05) is 12.4 Å². The summed E-state index contributed by atoms with van der Waals surface area (Å²) in [6.07, 6.45) is 0.323. The van der Waals surface area contributed by atoms with Gasteiger partial charge in [-0.1, -0.05) is 29.8 Å². The van der Waals surface area contributed by atoms with Crippen molar-refractivity contribution in [3.8, 4) is 22.8 Å². The Bertz CT molecular complexity index is 985. The molecule has 1 aliphatic heterocycles. The van der Waals surface area contributed by atoms with E-state index in [1.165, 1.54) is 18.6 Å². The van der Waals surface area contributed by atoms with Crippen LogP contribution in [0.3, 0.4) is 0 Å². The number of rotatable bonds is 3. The molecule has 1 amide bonds. The minimum atomic E-state index is -0.133. The fourth-order valence-corrected chi connectivity index (χ4v) is 4.21. The van der Waals surface area contributed by atoms with Crippen molar-refractivity contribution >= 4 is 34.7 Å². The molecule has 2 N–H and O–H groups in total. The average molecular weight is 387 g/mol. The Hall–Kier alpha value is -2.57. The van der Waals surface area contributed by atoms with Gasteiger partial charge in [0.1, 0.15) is 5.69 Å². The number of carbonyl (C=O) groups is 1. The Morgan fingerprint density at radius 3 is 2.77 bits per heavy atom.